The van der Waals surface area contributed by atoms with Crippen molar-refractivity contribution in [2.24, 2.45) is 0 Å². The zero-order valence-corrected chi connectivity index (χ0v) is 12.1. The lowest BCUT2D eigenvalue weighted by molar-refractivity contribution is 0.587. The zero-order valence-electron chi connectivity index (χ0n) is 9.78. The maximum atomic E-state index is 13.7. The van der Waals surface area contributed by atoms with Gasteiger partial charge in [-0.3, -0.25) is 4.68 Å². The maximum Gasteiger partial charge on any atom is 0.129 e. The standard InChI is InChI=1S/C14H9BrClFN2/c15-12-3-1-2-10-8-19(18-14(10)12)7-9-4-5-11(16)6-13(9)17/h1-6,8H,7H2. The van der Waals surface area contributed by atoms with Crippen LogP contribution in [0.2, 0.25) is 5.02 Å². The molecule has 3 aromatic rings. The lowest BCUT2D eigenvalue weighted by atomic mass is 10.2. The Bertz CT molecular complexity index is 754. The van der Waals surface area contributed by atoms with Crippen LogP contribution in [-0.2, 0) is 6.54 Å². The number of aromatic nitrogens is 2. The van der Waals surface area contributed by atoms with Crippen LogP contribution in [0.1, 0.15) is 5.56 Å². The van der Waals surface area contributed by atoms with Crippen molar-refractivity contribution in [2.45, 2.75) is 6.54 Å². The summed E-state index contributed by atoms with van der Waals surface area (Å²) in [6, 6.07) is 10.5. The van der Waals surface area contributed by atoms with Crippen LogP contribution in [0.25, 0.3) is 10.9 Å². The summed E-state index contributed by atoms with van der Waals surface area (Å²) in [6.45, 7) is 0.379. The molecule has 3 rings (SSSR count). The third-order valence-electron chi connectivity index (χ3n) is 2.88. The summed E-state index contributed by atoms with van der Waals surface area (Å²) in [4.78, 5) is 0. The van der Waals surface area contributed by atoms with Gasteiger partial charge in [0.15, 0.2) is 0 Å². The number of rotatable bonds is 2. The van der Waals surface area contributed by atoms with Crippen LogP contribution in [0.3, 0.4) is 0 Å². The van der Waals surface area contributed by atoms with Gasteiger partial charge in [0.25, 0.3) is 0 Å². The molecular formula is C14H9BrClFN2. The molecule has 19 heavy (non-hydrogen) atoms. The Hall–Kier alpha value is -1.39. The number of hydrogen-bond donors (Lipinski definition) is 0. The van der Waals surface area contributed by atoms with E-state index in [-0.39, 0.29) is 5.82 Å². The first-order valence-corrected chi connectivity index (χ1v) is 6.86. The first-order chi connectivity index (χ1) is 9.13. The lowest BCUT2D eigenvalue weighted by Gasteiger charge is -2.03. The van der Waals surface area contributed by atoms with E-state index in [9.17, 15) is 4.39 Å². The molecule has 0 N–H and O–H groups in total. The van der Waals surface area contributed by atoms with E-state index in [4.69, 9.17) is 11.6 Å². The summed E-state index contributed by atoms with van der Waals surface area (Å²) in [5, 5.41) is 5.86. The first-order valence-electron chi connectivity index (χ1n) is 5.69. The lowest BCUT2D eigenvalue weighted by Crippen LogP contribution is -2.02. The summed E-state index contributed by atoms with van der Waals surface area (Å²) in [5.41, 5.74) is 1.44. The van der Waals surface area contributed by atoms with Gasteiger partial charge < -0.3 is 0 Å². The van der Waals surface area contributed by atoms with E-state index in [1.807, 2.05) is 24.4 Å². The molecule has 0 saturated carbocycles. The fraction of sp³-hybridized carbons (Fsp3) is 0.0714. The van der Waals surface area contributed by atoms with Gasteiger partial charge >= 0.3 is 0 Å². The molecule has 0 saturated heterocycles. The van der Waals surface area contributed by atoms with Gasteiger partial charge in [-0.05, 0) is 34.1 Å². The first kappa shape index (κ1) is 12.6. The van der Waals surface area contributed by atoms with E-state index < -0.39 is 0 Å². The van der Waals surface area contributed by atoms with Crippen LogP contribution in [0.15, 0.2) is 47.1 Å². The Labute approximate surface area is 122 Å². The molecule has 2 nitrogen and oxygen atoms in total. The van der Waals surface area contributed by atoms with Crippen LogP contribution in [-0.4, -0.2) is 9.78 Å². The molecule has 0 aliphatic rings. The second kappa shape index (κ2) is 4.94. The molecule has 0 aliphatic carbocycles. The molecule has 96 valence electrons. The van der Waals surface area contributed by atoms with Crippen molar-refractivity contribution in [1.82, 2.24) is 9.78 Å². The average Bonchev–Trinajstić information content (AvgIpc) is 2.77. The fourth-order valence-corrected chi connectivity index (χ4v) is 2.58. The van der Waals surface area contributed by atoms with E-state index in [0.29, 0.717) is 17.1 Å². The van der Waals surface area contributed by atoms with Gasteiger partial charge in [0.1, 0.15) is 11.3 Å². The second-order valence-corrected chi connectivity index (χ2v) is 5.53. The molecule has 0 bridgehead atoms. The van der Waals surface area contributed by atoms with E-state index in [1.165, 1.54) is 6.07 Å². The number of fused-ring (bicyclic) bond motifs is 1. The normalized spacial score (nSPS) is 11.1. The molecule has 5 heteroatoms. The molecule has 0 aliphatic heterocycles. The molecule has 0 radical (unpaired) electrons. The molecule has 1 aromatic heterocycles. The van der Waals surface area contributed by atoms with Crippen molar-refractivity contribution in [3.8, 4) is 0 Å². The minimum Gasteiger partial charge on any atom is -0.267 e. The molecule has 1 heterocycles. The summed E-state index contributed by atoms with van der Waals surface area (Å²) in [5.74, 6) is -0.314. The van der Waals surface area contributed by atoms with Crippen molar-refractivity contribution in [1.29, 1.82) is 0 Å². The van der Waals surface area contributed by atoms with Gasteiger partial charge in [-0.2, -0.15) is 5.10 Å². The van der Waals surface area contributed by atoms with Gasteiger partial charge in [-0.15, -0.1) is 0 Å². The maximum absolute atomic E-state index is 13.7. The Kier molecular flexibility index (Phi) is 3.29. The van der Waals surface area contributed by atoms with Crippen molar-refractivity contribution in [3.63, 3.8) is 0 Å². The van der Waals surface area contributed by atoms with Crippen LogP contribution in [0, 0.1) is 5.82 Å². The van der Waals surface area contributed by atoms with Gasteiger partial charge in [0.05, 0.1) is 6.54 Å². The number of nitrogens with zero attached hydrogens (tertiary/aromatic N) is 2. The van der Waals surface area contributed by atoms with Crippen LogP contribution >= 0.6 is 27.5 Å². The molecule has 0 atom stereocenters. The molecular weight excluding hydrogens is 331 g/mol. The van der Waals surface area contributed by atoms with Crippen LogP contribution in [0.4, 0.5) is 4.39 Å². The highest BCUT2D eigenvalue weighted by atomic mass is 79.9. The Morgan fingerprint density at radius 1 is 1.26 bits per heavy atom. The smallest absolute Gasteiger partial charge is 0.129 e. The summed E-state index contributed by atoms with van der Waals surface area (Å²) in [7, 11) is 0. The van der Waals surface area contributed by atoms with Gasteiger partial charge in [0, 0.05) is 26.6 Å². The summed E-state index contributed by atoms with van der Waals surface area (Å²) < 4.78 is 16.4. The fourth-order valence-electron chi connectivity index (χ4n) is 1.96. The predicted molar refractivity (Wildman–Crippen MR) is 77.9 cm³/mol. The number of halogens is 3. The van der Waals surface area contributed by atoms with Crippen LogP contribution < -0.4 is 0 Å². The van der Waals surface area contributed by atoms with E-state index in [0.717, 1.165) is 15.4 Å². The number of hydrogen-bond acceptors (Lipinski definition) is 1. The minimum atomic E-state index is -0.314. The van der Waals surface area contributed by atoms with Gasteiger partial charge in [-0.25, -0.2) is 4.39 Å². The van der Waals surface area contributed by atoms with Crippen molar-refractivity contribution in [2.75, 3.05) is 0 Å². The quantitative estimate of drug-likeness (QED) is 0.665. The summed E-state index contributed by atoms with van der Waals surface area (Å²) in [6.07, 6.45) is 1.90. The molecule has 0 unspecified atom stereocenters. The Morgan fingerprint density at radius 3 is 2.84 bits per heavy atom. The van der Waals surface area contributed by atoms with E-state index in [2.05, 4.69) is 21.0 Å². The largest absolute Gasteiger partial charge is 0.267 e. The Balaban J connectivity index is 1.99. The number of benzene rings is 2. The van der Waals surface area contributed by atoms with Crippen molar-refractivity contribution < 1.29 is 4.39 Å². The highest BCUT2D eigenvalue weighted by Crippen LogP contribution is 2.23. The second-order valence-electron chi connectivity index (χ2n) is 4.24. The van der Waals surface area contributed by atoms with Gasteiger partial charge in [-0.1, -0.05) is 29.8 Å². The van der Waals surface area contributed by atoms with Crippen molar-refractivity contribution in [3.05, 3.63) is 63.5 Å². The monoisotopic (exact) mass is 338 g/mol. The SMILES string of the molecule is Fc1cc(Cl)ccc1Cn1cc2cccc(Br)c2n1. The zero-order chi connectivity index (χ0) is 13.4. The minimum absolute atomic E-state index is 0.314. The van der Waals surface area contributed by atoms with Crippen molar-refractivity contribution >= 4 is 38.4 Å². The van der Waals surface area contributed by atoms with Gasteiger partial charge in [0.2, 0.25) is 0 Å². The average molecular weight is 340 g/mol. The summed E-state index contributed by atoms with van der Waals surface area (Å²) >= 11 is 9.19. The third kappa shape index (κ3) is 2.51. The molecule has 0 amide bonds. The third-order valence-corrected chi connectivity index (χ3v) is 3.76. The highest BCUT2D eigenvalue weighted by molar-refractivity contribution is 9.10. The van der Waals surface area contributed by atoms with Crippen LogP contribution in [0.5, 0.6) is 0 Å². The molecule has 2 aromatic carbocycles. The highest BCUT2D eigenvalue weighted by Gasteiger charge is 2.07. The molecule has 0 fully saturated rings. The van der Waals surface area contributed by atoms with E-state index >= 15 is 0 Å². The molecule has 0 spiro atoms. The van der Waals surface area contributed by atoms with E-state index in [1.54, 1.807) is 16.8 Å². The Morgan fingerprint density at radius 2 is 2.11 bits per heavy atom. The predicted octanol–water partition coefficient (Wildman–Crippen LogP) is 4.64. The topological polar surface area (TPSA) is 17.8 Å².